The van der Waals surface area contributed by atoms with Gasteiger partial charge >= 0.3 is 34.8 Å². The molecule has 0 aromatic heterocycles. The first kappa shape index (κ1) is 4.64. The fraction of sp³-hybridized carbons (Fsp3) is 1.00. The summed E-state index contributed by atoms with van der Waals surface area (Å²) >= 11 is 0.312. The van der Waals surface area contributed by atoms with Gasteiger partial charge in [-0.05, 0) is 0 Å². The summed E-state index contributed by atoms with van der Waals surface area (Å²) in [5.74, 6) is 0. The maximum atomic E-state index is 2.34. The summed E-state index contributed by atoms with van der Waals surface area (Å²) in [5, 5.41) is 0. The van der Waals surface area contributed by atoms with Gasteiger partial charge in [-0.2, -0.15) is 0 Å². The molecule has 0 saturated heterocycles. The van der Waals surface area contributed by atoms with Crippen LogP contribution < -0.4 is 0 Å². The van der Waals surface area contributed by atoms with E-state index in [1.807, 2.05) is 0 Å². The molecule has 1 radical (unpaired) electrons. The van der Waals surface area contributed by atoms with E-state index in [-0.39, 0.29) is 0 Å². The summed E-state index contributed by atoms with van der Waals surface area (Å²) in [6, 6.07) is 0. The van der Waals surface area contributed by atoms with Crippen molar-refractivity contribution >= 4 is 17.4 Å². The Labute approximate surface area is 35.4 Å². The molecule has 0 saturated carbocycles. The van der Waals surface area contributed by atoms with Crippen molar-refractivity contribution in [3.63, 3.8) is 0 Å². The van der Waals surface area contributed by atoms with Gasteiger partial charge in [0.05, 0.1) is 0 Å². The van der Waals surface area contributed by atoms with Crippen LogP contribution >= 0.6 is 0 Å². The summed E-state index contributed by atoms with van der Waals surface area (Å²) in [7, 11) is 0. The summed E-state index contributed by atoms with van der Waals surface area (Å²) < 4.78 is 0. The molecular weight excluding hydrogens is 106 g/mol. The predicted octanol–water partition coefficient (Wildman–Crippen LogP) is 1.18. The third kappa shape index (κ3) is 2.64. The molecule has 4 heavy (non-hydrogen) atoms. The van der Waals surface area contributed by atoms with Crippen molar-refractivity contribution in [1.29, 1.82) is 0 Å². The first-order chi connectivity index (χ1) is 1.91. The summed E-state index contributed by atoms with van der Waals surface area (Å²) in [6.45, 7) is 2.25. The Morgan fingerprint density at radius 3 is 2.00 bits per heavy atom. The molecule has 0 atom stereocenters. The molecule has 0 heterocycles. The van der Waals surface area contributed by atoms with Crippen LogP contribution in [0.4, 0.5) is 0 Å². The first-order valence-electron chi connectivity index (χ1n) is 1.69. The second kappa shape index (κ2) is 3.64. The molecule has 0 aromatic carbocycles. The molecule has 0 N–H and O–H groups in total. The Balaban J connectivity index is 1.97. The molecule has 23 valence electrons. The quantitative estimate of drug-likeness (QED) is 0.449. The molecule has 0 aliphatic rings. The fourth-order valence-electron chi connectivity index (χ4n) is 0. The second-order valence-electron chi connectivity index (χ2n) is 0.816. The summed E-state index contributed by atoms with van der Waals surface area (Å²) in [5.41, 5.74) is 2.34. The molecular formula is C3H8Ga. The number of hydrogen-bond acceptors (Lipinski definition) is 0. The Hall–Kier alpha value is 0.636. The van der Waals surface area contributed by atoms with Crippen LogP contribution in [0.3, 0.4) is 0 Å². The van der Waals surface area contributed by atoms with Gasteiger partial charge in [-0.15, -0.1) is 0 Å². The minimum atomic E-state index is 0.312. The van der Waals surface area contributed by atoms with Gasteiger partial charge in [-0.25, -0.2) is 0 Å². The molecule has 0 bridgehead atoms. The molecule has 0 aromatic rings. The average molecular weight is 114 g/mol. The van der Waals surface area contributed by atoms with Gasteiger partial charge in [0, 0.05) is 0 Å². The zero-order valence-electron chi connectivity index (χ0n) is 3.28. The first-order valence-corrected chi connectivity index (χ1v) is 5.83. The van der Waals surface area contributed by atoms with E-state index in [1.165, 1.54) is 4.98 Å². The summed E-state index contributed by atoms with van der Waals surface area (Å²) in [6.07, 6.45) is 0. The molecule has 0 nitrogen and oxygen atoms in total. The molecule has 0 amide bonds. The van der Waals surface area contributed by atoms with Crippen LogP contribution in [0.1, 0.15) is 6.92 Å². The SMILES string of the molecule is C[CH2][Ga][CH3]. The molecule has 1 heteroatoms. The average Bonchev–Trinajstić information content (AvgIpc) is 1.37. The van der Waals surface area contributed by atoms with Crippen LogP contribution in [0.25, 0.3) is 0 Å². The van der Waals surface area contributed by atoms with Gasteiger partial charge in [0.25, 0.3) is 0 Å². The van der Waals surface area contributed by atoms with E-state index in [0.717, 1.165) is 0 Å². The predicted molar refractivity (Wildman–Crippen MR) is 22.1 cm³/mol. The zero-order chi connectivity index (χ0) is 3.41. The zero-order valence-corrected chi connectivity index (χ0v) is 5.71. The van der Waals surface area contributed by atoms with Crippen molar-refractivity contribution in [3.8, 4) is 0 Å². The van der Waals surface area contributed by atoms with Gasteiger partial charge < -0.3 is 0 Å². The van der Waals surface area contributed by atoms with Crippen molar-refractivity contribution < 1.29 is 0 Å². The van der Waals surface area contributed by atoms with Crippen molar-refractivity contribution in [2.24, 2.45) is 0 Å². The Morgan fingerprint density at radius 2 is 2.00 bits per heavy atom. The van der Waals surface area contributed by atoms with Crippen molar-refractivity contribution in [2.75, 3.05) is 0 Å². The third-order valence-corrected chi connectivity index (χ3v) is 2.12. The topological polar surface area (TPSA) is 0 Å². The molecule has 0 aliphatic carbocycles. The van der Waals surface area contributed by atoms with Crippen molar-refractivity contribution in [2.45, 2.75) is 17.4 Å². The minimum absolute atomic E-state index is 0.312. The Kier molecular flexibility index (Phi) is 4.21. The second-order valence-corrected chi connectivity index (χ2v) is 4.24. The van der Waals surface area contributed by atoms with Gasteiger partial charge in [0.2, 0.25) is 0 Å². The van der Waals surface area contributed by atoms with E-state index in [1.54, 1.807) is 0 Å². The maximum absolute atomic E-state index is 2.34. The van der Waals surface area contributed by atoms with E-state index in [2.05, 4.69) is 12.4 Å². The van der Waals surface area contributed by atoms with Crippen LogP contribution in [0.15, 0.2) is 0 Å². The van der Waals surface area contributed by atoms with Crippen molar-refractivity contribution in [1.82, 2.24) is 0 Å². The van der Waals surface area contributed by atoms with Gasteiger partial charge in [0.15, 0.2) is 0 Å². The molecule has 0 spiro atoms. The standard InChI is InChI=1S/C2H5.CH3.Ga/c1-2;;/h1H2,2H3;1H3;. The molecule has 0 unspecified atom stereocenters. The van der Waals surface area contributed by atoms with E-state index >= 15 is 0 Å². The van der Waals surface area contributed by atoms with Gasteiger partial charge in [-0.1, -0.05) is 0 Å². The monoisotopic (exact) mass is 113 g/mol. The number of rotatable bonds is 1. The van der Waals surface area contributed by atoms with E-state index in [0.29, 0.717) is 17.4 Å². The van der Waals surface area contributed by atoms with Crippen LogP contribution in [0.2, 0.25) is 10.5 Å². The van der Waals surface area contributed by atoms with E-state index < -0.39 is 0 Å². The van der Waals surface area contributed by atoms with E-state index in [4.69, 9.17) is 0 Å². The van der Waals surface area contributed by atoms with Gasteiger partial charge in [0.1, 0.15) is 0 Å². The third-order valence-electron chi connectivity index (χ3n) is 0.408. The van der Waals surface area contributed by atoms with E-state index in [9.17, 15) is 0 Å². The number of hydrogen-bond donors (Lipinski definition) is 0. The summed E-state index contributed by atoms with van der Waals surface area (Å²) in [4.78, 5) is 1.48. The normalized spacial score (nSPS) is 6.50. The fourth-order valence-corrected chi connectivity index (χ4v) is 0. The molecule has 0 aliphatic heterocycles. The Bertz CT molecular complexity index is 5.25. The molecule has 0 rings (SSSR count). The van der Waals surface area contributed by atoms with Crippen LogP contribution in [-0.4, -0.2) is 17.4 Å². The van der Waals surface area contributed by atoms with Crippen LogP contribution in [0, 0.1) is 0 Å². The molecule has 0 fully saturated rings. The Morgan fingerprint density at radius 1 is 1.75 bits per heavy atom. The van der Waals surface area contributed by atoms with Crippen LogP contribution in [-0.2, 0) is 0 Å². The van der Waals surface area contributed by atoms with Gasteiger partial charge in [-0.3, -0.25) is 0 Å². The van der Waals surface area contributed by atoms with Crippen molar-refractivity contribution in [3.05, 3.63) is 0 Å². The van der Waals surface area contributed by atoms with Crippen LogP contribution in [0.5, 0.6) is 0 Å².